The molecule has 0 aliphatic rings. The fourth-order valence-electron chi connectivity index (χ4n) is 1.36. The molecule has 0 saturated heterocycles. The standard InChI is InChI=1S/C13H19N3O3/c1-13(2,12(15)18)7-16-11(17)8-4-9(14)6-10(5-8)19-3/h4-6H,7,14H2,1-3H3,(H2,15,18)(H,16,17). The third-order valence-corrected chi connectivity index (χ3v) is 2.78. The van der Waals surface area contributed by atoms with Gasteiger partial charge in [0.25, 0.3) is 5.91 Å². The molecule has 6 nitrogen and oxygen atoms in total. The number of rotatable bonds is 5. The summed E-state index contributed by atoms with van der Waals surface area (Å²) >= 11 is 0. The average Bonchev–Trinajstić information content (AvgIpc) is 2.34. The molecular weight excluding hydrogens is 246 g/mol. The van der Waals surface area contributed by atoms with Gasteiger partial charge in [0.1, 0.15) is 5.75 Å². The zero-order chi connectivity index (χ0) is 14.6. The molecule has 5 N–H and O–H groups in total. The Labute approximate surface area is 112 Å². The molecule has 6 heteroatoms. The number of amides is 2. The maximum Gasteiger partial charge on any atom is 0.251 e. The van der Waals surface area contributed by atoms with E-state index < -0.39 is 11.3 Å². The first-order chi connectivity index (χ1) is 8.76. The van der Waals surface area contributed by atoms with Crippen LogP contribution in [0.4, 0.5) is 5.69 Å². The lowest BCUT2D eigenvalue weighted by Gasteiger charge is -2.20. The molecule has 0 spiro atoms. The number of methoxy groups -OCH3 is 1. The Morgan fingerprint density at radius 3 is 2.47 bits per heavy atom. The van der Waals surface area contributed by atoms with Crippen molar-refractivity contribution in [1.29, 1.82) is 0 Å². The van der Waals surface area contributed by atoms with E-state index in [1.54, 1.807) is 26.0 Å². The normalized spacial score (nSPS) is 10.9. The van der Waals surface area contributed by atoms with Gasteiger partial charge in [0.05, 0.1) is 12.5 Å². The van der Waals surface area contributed by atoms with E-state index in [9.17, 15) is 9.59 Å². The highest BCUT2D eigenvalue weighted by molar-refractivity contribution is 5.96. The summed E-state index contributed by atoms with van der Waals surface area (Å²) in [5.74, 6) is -0.308. The van der Waals surface area contributed by atoms with E-state index in [2.05, 4.69) is 5.32 Å². The zero-order valence-electron chi connectivity index (χ0n) is 11.3. The number of ether oxygens (including phenoxy) is 1. The molecular formula is C13H19N3O3. The van der Waals surface area contributed by atoms with Crippen molar-refractivity contribution >= 4 is 17.5 Å². The van der Waals surface area contributed by atoms with E-state index in [0.717, 1.165) is 0 Å². The molecule has 19 heavy (non-hydrogen) atoms. The number of carbonyl (C=O) groups excluding carboxylic acids is 2. The molecule has 0 bridgehead atoms. The summed E-state index contributed by atoms with van der Waals surface area (Å²) < 4.78 is 5.04. The van der Waals surface area contributed by atoms with E-state index in [0.29, 0.717) is 17.0 Å². The monoisotopic (exact) mass is 265 g/mol. The Balaban J connectivity index is 2.79. The topological polar surface area (TPSA) is 107 Å². The molecule has 0 aliphatic carbocycles. The summed E-state index contributed by atoms with van der Waals surface area (Å²) in [5, 5.41) is 2.65. The predicted molar refractivity (Wildman–Crippen MR) is 72.7 cm³/mol. The number of nitrogens with two attached hydrogens (primary N) is 2. The van der Waals surface area contributed by atoms with E-state index in [1.165, 1.54) is 13.2 Å². The Bertz CT molecular complexity index is 498. The number of carbonyl (C=O) groups is 2. The number of benzene rings is 1. The first kappa shape index (κ1) is 14.8. The lowest BCUT2D eigenvalue weighted by atomic mass is 9.92. The Morgan fingerprint density at radius 1 is 1.32 bits per heavy atom. The fraction of sp³-hybridized carbons (Fsp3) is 0.385. The van der Waals surface area contributed by atoms with Gasteiger partial charge in [-0.3, -0.25) is 9.59 Å². The van der Waals surface area contributed by atoms with Gasteiger partial charge in [-0.15, -0.1) is 0 Å². The summed E-state index contributed by atoms with van der Waals surface area (Å²) in [6, 6.07) is 4.72. The largest absolute Gasteiger partial charge is 0.497 e. The maximum absolute atomic E-state index is 12.0. The molecule has 2 amide bonds. The van der Waals surface area contributed by atoms with E-state index in [4.69, 9.17) is 16.2 Å². The molecule has 1 rings (SSSR count). The number of hydrogen-bond donors (Lipinski definition) is 3. The molecule has 1 aromatic carbocycles. The van der Waals surface area contributed by atoms with Crippen LogP contribution in [0.5, 0.6) is 5.75 Å². The van der Waals surface area contributed by atoms with Crippen LogP contribution in [0.15, 0.2) is 18.2 Å². The molecule has 0 unspecified atom stereocenters. The van der Waals surface area contributed by atoms with Crippen molar-refractivity contribution in [2.75, 3.05) is 19.4 Å². The summed E-state index contributed by atoms with van der Waals surface area (Å²) in [5.41, 5.74) is 10.9. The number of hydrogen-bond acceptors (Lipinski definition) is 4. The molecule has 0 atom stereocenters. The molecule has 0 radical (unpaired) electrons. The predicted octanol–water partition coefficient (Wildman–Crippen LogP) is 0.519. The zero-order valence-corrected chi connectivity index (χ0v) is 11.3. The number of nitrogens with one attached hydrogen (secondary N) is 1. The molecule has 0 fully saturated rings. The molecule has 104 valence electrons. The maximum atomic E-state index is 12.0. The lowest BCUT2D eigenvalue weighted by molar-refractivity contribution is -0.125. The van der Waals surface area contributed by atoms with Gasteiger partial charge in [-0.1, -0.05) is 0 Å². The summed E-state index contributed by atoms with van der Waals surface area (Å²) in [6.45, 7) is 3.48. The van der Waals surface area contributed by atoms with Gasteiger partial charge in [-0.05, 0) is 26.0 Å². The Kier molecular flexibility index (Phi) is 4.37. The van der Waals surface area contributed by atoms with Crippen LogP contribution < -0.4 is 21.5 Å². The third kappa shape index (κ3) is 3.87. The number of primary amides is 1. The van der Waals surface area contributed by atoms with Crippen molar-refractivity contribution in [2.24, 2.45) is 11.1 Å². The number of anilines is 1. The number of nitrogen functional groups attached to an aromatic ring is 1. The lowest BCUT2D eigenvalue weighted by Crippen LogP contribution is -2.42. The van der Waals surface area contributed by atoms with Gasteiger partial charge in [-0.25, -0.2) is 0 Å². The van der Waals surface area contributed by atoms with Gasteiger partial charge in [0.15, 0.2) is 0 Å². The van der Waals surface area contributed by atoms with Crippen molar-refractivity contribution in [3.05, 3.63) is 23.8 Å². The summed E-state index contributed by atoms with van der Waals surface area (Å²) in [4.78, 5) is 23.1. The van der Waals surface area contributed by atoms with Crippen LogP contribution in [0, 0.1) is 5.41 Å². The average molecular weight is 265 g/mol. The molecule has 0 aliphatic heterocycles. The minimum absolute atomic E-state index is 0.151. The Morgan fingerprint density at radius 2 is 1.95 bits per heavy atom. The van der Waals surface area contributed by atoms with E-state index in [-0.39, 0.29) is 12.5 Å². The van der Waals surface area contributed by atoms with Crippen molar-refractivity contribution in [3.8, 4) is 5.75 Å². The SMILES string of the molecule is COc1cc(N)cc(C(=O)NCC(C)(C)C(N)=O)c1. The highest BCUT2D eigenvalue weighted by Crippen LogP contribution is 2.19. The van der Waals surface area contributed by atoms with Crippen LogP contribution in [0.1, 0.15) is 24.2 Å². The quantitative estimate of drug-likeness (QED) is 0.674. The van der Waals surface area contributed by atoms with Crippen LogP contribution in [0.2, 0.25) is 0 Å². The summed E-state index contributed by atoms with van der Waals surface area (Å²) in [7, 11) is 1.49. The fourth-order valence-corrected chi connectivity index (χ4v) is 1.36. The van der Waals surface area contributed by atoms with Crippen molar-refractivity contribution in [3.63, 3.8) is 0 Å². The van der Waals surface area contributed by atoms with Crippen molar-refractivity contribution < 1.29 is 14.3 Å². The second-order valence-corrected chi connectivity index (χ2v) is 4.93. The van der Waals surface area contributed by atoms with Crippen LogP contribution >= 0.6 is 0 Å². The first-order valence-electron chi connectivity index (χ1n) is 5.79. The van der Waals surface area contributed by atoms with Crippen molar-refractivity contribution in [1.82, 2.24) is 5.32 Å². The molecule has 0 aromatic heterocycles. The third-order valence-electron chi connectivity index (χ3n) is 2.78. The Hall–Kier alpha value is -2.24. The minimum atomic E-state index is -0.805. The molecule has 0 saturated carbocycles. The van der Waals surface area contributed by atoms with Gasteiger partial charge in [-0.2, -0.15) is 0 Å². The first-order valence-corrected chi connectivity index (χ1v) is 5.79. The highest BCUT2D eigenvalue weighted by Gasteiger charge is 2.25. The van der Waals surface area contributed by atoms with Crippen LogP contribution in [0.3, 0.4) is 0 Å². The second kappa shape index (κ2) is 5.60. The smallest absolute Gasteiger partial charge is 0.251 e. The van der Waals surface area contributed by atoms with E-state index in [1.807, 2.05) is 0 Å². The van der Waals surface area contributed by atoms with Crippen LogP contribution in [-0.2, 0) is 4.79 Å². The minimum Gasteiger partial charge on any atom is -0.497 e. The highest BCUT2D eigenvalue weighted by atomic mass is 16.5. The van der Waals surface area contributed by atoms with E-state index >= 15 is 0 Å². The van der Waals surface area contributed by atoms with Gasteiger partial charge in [0, 0.05) is 23.9 Å². The van der Waals surface area contributed by atoms with Crippen LogP contribution in [0.25, 0.3) is 0 Å². The molecule has 0 heterocycles. The van der Waals surface area contributed by atoms with Gasteiger partial charge < -0.3 is 21.5 Å². The van der Waals surface area contributed by atoms with Crippen molar-refractivity contribution in [2.45, 2.75) is 13.8 Å². The summed E-state index contributed by atoms with van der Waals surface area (Å²) in [6.07, 6.45) is 0. The van der Waals surface area contributed by atoms with Crippen LogP contribution in [-0.4, -0.2) is 25.5 Å². The second-order valence-electron chi connectivity index (χ2n) is 4.93. The van der Waals surface area contributed by atoms with Gasteiger partial charge in [0.2, 0.25) is 5.91 Å². The molecule has 1 aromatic rings. The van der Waals surface area contributed by atoms with Gasteiger partial charge >= 0.3 is 0 Å².